The normalized spacial score (nSPS) is 23.1. The van der Waals surface area contributed by atoms with Crippen LogP contribution < -0.4 is 5.32 Å². The Morgan fingerprint density at radius 3 is 2.50 bits per heavy atom. The Kier molecular flexibility index (Phi) is 3.83. The summed E-state index contributed by atoms with van der Waals surface area (Å²) < 4.78 is 0. The Morgan fingerprint density at radius 2 is 1.80 bits per heavy atom. The minimum absolute atomic E-state index is 0.404. The first-order valence-electron chi connectivity index (χ1n) is 7.45. The van der Waals surface area contributed by atoms with Crippen molar-refractivity contribution in [1.82, 2.24) is 10.3 Å². The van der Waals surface area contributed by atoms with Gasteiger partial charge in [-0.15, -0.1) is 0 Å². The van der Waals surface area contributed by atoms with Gasteiger partial charge in [-0.3, -0.25) is 4.98 Å². The monoisotopic (exact) mass is 266 g/mol. The summed E-state index contributed by atoms with van der Waals surface area (Å²) >= 11 is 0. The van der Waals surface area contributed by atoms with Crippen molar-refractivity contribution in [2.45, 2.75) is 44.7 Å². The Balaban J connectivity index is 1.55. The summed E-state index contributed by atoms with van der Waals surface area (Å²) in [6.07, 6.45) is 6.23. The van der Waals surface area contributed by atoms with E-state index in [0.29, 0.717) is 12.1 Å². The number of aromatic nitrogens is 1. The number of hydrogen-bond donors (Lipinski definition) is 1. The molecule has 1 aromatic carbocycles. The average molecular weight is 266 g/mol. The van der Waals surface area contributed by atoms with Crippen LogP contribution in [0.2, 0.25) is 0 Å². The molecule has 0 saturated heterocycles. The van der Waals surface area contributed by atoms with Gasteiger partial charge in [-0.2, -0.15) is 0 Å². The highest BCUT2D eigenvalue weighted by atomic mass is 15.0. The van der Waals surface area contributed by atoms with Crippen molar-refractivity contribution >= 4 is 0 Å². The summed E-state index contributed by atoms with van der Waals surface area (Å²) in [7, 11) is 0. The fourth-order valence-electron chi connectivity index (χ4n) is 3.15. The fraction of sp³-hybridized carbons (Fsp3) is 0.389. The molecule has 0 amide bonds. The van der Waals surface area contributed by atoms with Crippen molar-refractivity contribution in [3.8, 4) is 0 Å². The molecule has 104 valence electrons. The second-order valence-corrected chi connectivity index (χ2v) is 5.89. The zero-order valence-corrected chi connectivity index (χ0v) is 12.2. The standard InChI is InChI=1S/C18H22N2/c1-13-5-3-4-6-18(13)16-11-17(12-16)20-14(2)15-7-9-19-10-8-15/h3-10,14,16-17,20H,11-12H2,1-2H3/t14-,16?,17?/m1/s1. The first-order chi connectivity index (χ1) is 9.74. The third-order valence-corrected chi connectivity index (χ3v) is 4.46. The van der Waals surface area contributed by atoms with Gasteiger partial charge in [0.2, 0.25) is 0 Å². The highest BCUT2D eigenvalue weighted by Crippen LogP contribution is 2.39. The molecule has 0 aliphatic heterocycles. The molecule has 1 heterocycles. The van der Waals surface area contributed by atoms with E-state index < -0.39 is 0 Å². The smallest absolute Gasteiger partial charge is 0.0295 e. The van der Waals surface area contributed by atoms with Crippen molar-refractivity contribution in [2.75, 3.05) is 0 Å². The molecule has 0 unspecified atom stereocenters. The molecule has 3 rings (SSSR count). The van der Waals surface area contributed by atoms with Gasteiger partial charge in [0.25, 0.3) is 0 Å². The van der Waals surface area contributed by atoms with Crippen molar-refractivity contribution in [3.05, 3.63) is 65.5 Å². The lowest BCUT2D eigenvalue weighted by Gasteiger charge is -2.39. The van der Waals surface area contributed by atoms with Gasteiger partial charge in [-0.05, 0) is 61.4 Å². The lowest BCUT2D eigenvalue weighted by molar-refractivity contribution is 0.270. The molecular weight excluding hydrogens is 244 g/mol. The van der Waals surface area contributed by atoms with Crippen LogP contribution in [0.15, 0.2) is 48.8 Å². The van der Waals surface area contributed by atoms with E-state index in [1.165, 1.54) is 29.5 Å². The molecule has 1 N–H and O–H groups in total. The maximum atomic E-state index is 4.07. The second kappa shape index (κ2) is 5.76. The minimum atomic E-state index is 0.404. The minimum Gasteiger partial charge on any atom is -0.307 e. The topological polar surface area (TPSA) is 24.9 Å². The first kappa shape index (κ1) is 13.3. The van der Waals surface area contributed by atoms with Crippen LogP contribution in [0.5, 0.6) is 0 Å². The van der Waals surface area contributed by atoms with Gasteiger partial charge < -0.3 is 5.32 Å². The van der Waals surface area contributed by atoms with Crippen molar-refractivity contribution in [2.24, 2.45) is 0 Å². The van der Waals surface area contributed by atoms with E-state index >= 15 is 0 Å². The third kappa shape index (κ3) is 2.75. The Bertz CT molecular complexity index is 559. The molecule has 20 heavy (non-hydrogen) atoms. The highest BCUT2D eigenvalue weighted by Gasteiger charge is 2.31. The van der Waals surface area contributed by atoms with E-state index in [-0.39, 0.29) is 0 Å². The molecule has 2 aromatic rings. The van der Waals surface area contributed by atoms with Crippen molar-refractivity contribution in [1.29, 1.82) is 0 Å². The maximum absolute atomic E-state index is 4.07. The van der Waals surface area contributed by atoms with Crippen LogP contribution in [0.25, 0.3) is 0 Å². The van der Waals surface area contributed by atoms with E-state index in [9.17, 15) is 0 Å². The fourth-order valence-corrected chi connectivity index (χ4v) is 3.15. The number of benzene rings is 1. The molecule has 1 aliphatic carbocycles. The summed E-state index contributed by atoms with van der Waals surface area (Å²) in [5, 5.41) is 3.72. The van der Waals surface area contributed by atoms with Crippen LogP contribution in [-0.4, -0.2) is 11.0 Å². The van der Waals surface area contributed by atoms with Crippen LogP contribution in [0.3, 0.4) is 0 Å². The lowest BCUT2D eigenvalue weighted by Crippen LogP contribution is -2.41. The predicted molar refractivity (Wildman–Crippen MR) is 82.7 cm³/mol. The van der Waals surface area contributed by atoms with Gasteiger partial charge in [0.15, 0.2) is 0 Å². The van der Waals surface area contributed by atoms with Crippen LogP contribution >= 0.6 is 0 Å². The van der Waals surface area contributed by atoms with E-state index in [4.69, 9.17) is 0 Å². The average Bonchev–Trinajstić information content (AvgIpc) is 2.44. The number of aryl methyl sites for hydroxylation is 1. The van der Waals surface area contributed by atoms with Crippen molar-refractivity contribution < 1.29 is 0 Å². The molecule has 1 aliphatic rings. The van der Waals surface area contributed by atoms with Crippen LogP contribution in [0.4, 0.5) is 0 Å². The highest BCUT2D eigenvalue weighted by molar-refractivity contribution is 5.31. The van der Waals surface area contributed by atoms with E-state index in [1.807, 2.05) is 12.4 Å². The van der Waals surface area contributed by atoms with Gasteiger partial charge in [0.05, 0.1) is 0 Å². The summed E-state index contributed by atoms with van der Waals surface area (Å²) in [6.45, 7) is 4.45. The van der Waals surface area contributed by atoms with Crippen LogP contribution in [0, 0.1) is 6.92 Å². The molecule has 1 aromatic heterocycles. The zero-order valence-electron chi connectivity index (χ0n) is 12.2. The van der Waals surface area contributed by atoms with Crippen LogP contribution in [-0.2, 0) is 0 Å². The maximum Gasteiger partial charge on any atom is 0.0295 e. The van der Waals surface area contributed by atoms with Gasteiger partial charge in [-0.25, -0.2) is 0 Å². The SMILES string of the molecule is Cc1ccccc1C1CC(N[C@H](C)c2ccncc2)C1. The second-order valence-electron chi connectivity index (χ2n) is 5.89. The molecule has 1 saturated carbocycles. The molecule has 0 spiro atoms. The molecule has 1 atom stereocenters. The summed E-state index contributed by atoms with van der Waals surface area (Å²) in [4.78, 5) is 4.07. The quantitative estimate of drug-likeness (QED) is 0.905. The van der Waals surface area contributed by atoms with Gasteiger partial charge in [-0.1, -0.05) is 24.3 Å². The molecule has 2 nitrogen and oxygen atoms in total. The van der Waals surface area contributed by atoms with Crippen molar-refractivity contribution in [3.63, 3.8) is 0 Å². The van der Waals surface area contributed by atoms with Gasteiger partial charge in [0, 0.05) is 24.5 Å². The first-order valence-corrected chi connectivity index (χ1v) is 7.45. The van der Waals surface area contributed by atoms with Gasteiger partial charge >= 0.3 is 0 Å². The Labute approximate surface area is 121 Å². The van der Waals surface area contributed by atoms with E-state index in [0.717, 1.165) is 5.92 Å². The summed E-state index contributed by atoms with van der Waals surface area (Å²) in [6, 6.07) is 14.0. The molecule has 2 heteroatoms. The molecular formula is C18H22N2. The Morgan fingerprint density at radius 1 is 1.10 bits per heavy atom. The lowest BCUT2D eigenvalue weighted by atomic mass is 9.74. The summed E-state index contributed by atoms with van der Waals surface area (Å²) in [5.74, 6) is 0.735. The molecule has 0 radical (unpaired) electrons. The number of pyridine rings is 1. The predicted octanol–water partition coefficient (Wildman–Crippen LogP) is 3.99. The number of nitrogens with one attached hydrogen (secondary N) is 1. The molecule has 1 fully saturated rings. The zero-order chi connectivity index (χ0) is 13.9. The summed E-state index contributed by atoms with van der Waals surface area (Å²) in [5.41, 5.74) is 4.28. The van der Waals surface area contributed by atoms with Crippen LogP contribution in [0.1, 0.15) is 48.4 Å². The number of nitrogens with zero attached hydrogens (tertiary/aromatic N) is 1. The molecule has 0 bridgehead atoms. The number of hydrogen-bond acceptors (Lipinski definition) is 2. The van der Waals surface area contributed by atoms with E-state index in [1.54, 1.807) is 0 Å². The Hall–Kier alpha value is -1.67. The number of rotatable bonds is 4. The van der Waals surface area contributed by atoms with E-state index in [2.05, 4.69) is 60.5 Å². The van der Waals surface area contributed by atoms with Gasteiger partial charge in [0.1, 0.15) is 0 Å². The largest absolute Gasteiger partial charge is 0.307 e. The third-order valence-electron chi connectivity index (χ3n) is 4.46.